The van der Waals surface area contributed by atoms with E-state index in [1.165, 1.54) is 37.7 Å². The van der Waals surface area contributed by atoms with Crippen LogP contribution in [0, 0.1) is 5.92 Å². The molecule has 1 aliphatic heterocycles. The third-order valence-electron chi connectivity index (χ3n) is 5.30. The molecule has 0 amide bonds. The van der Waals surface area contributed by atoms with Gasteiger partial charge in [0.15, 0.2) is 0 Å². The molecule has 1 heterocycles. The molecule has 3 atom stereocenters. The van der Waals surface area contributed by atoms with Crippen LogP contribution < -0.4 is 10.1 Å². The summed E-state index contributed by atoms with van der Waals surface area (Å²) >= 11 is 6.19. The largest absolute Gasteiger partial charge is 0.487 e. The van der Waals surface area contributed by atoms with Crippen LogP contribution >= 0.6 is 11.6 Å². The molecule has 1 spiro atoms. The van der Waals surface area contributed by atoms with Crippen LogP contribution in [-0.2, 0) is 0 Å². The summed E-state index contributed by atoms with van der Waals surface area (Å²) in [5.74, 6) is 1.72. The van der Waals surface area contributed by atoms with Crippen molar-refractivity contribution in [2.45, 2.75) is 64.0 Å². The molecule has 1 aromatic rings. The average molecular weight is 308 g/mol. The van der Waals surface area contributed by atoms with Crippen LogP contribution in [0.4, 0.5) is 0 Å². The van der Waals surface area contributed by atoms with E-state index in [2.05, 4.69) is 31.3 Å². The second-order valence-electron chi connectivity index (χ2n) is 6.51. The molecule has 1 aromatic carbocycles. The Bertz CT molecular complexity index is 504. The van der Waals surface area contributed by atoms with Gasteiger partial charge in [0.05, 0.1) is 0 Å². The summed E-state index contributed by atoms with van der Waals surface area (Å²) in [5, 5.41) is 4.44. The summed E-state index contributed by atoms with van der Waals surface area (Å²) in [6.45, 7) is 5.45. The topological polar surface area (TPSA) is 21.3 Å². The van der Waals surface area contributed by atoms with Crippen molar-refractivity contribution in [2.24, 2.45) is 5.92 Å². The molecular weight excluding hydrogens is 282 g/mol. The fraction of sp³-hybridized carbons (Fsp3) is 0.667. The van der Waals surface area contributed by atoms with Crippen molar-refractivity contribution in [3.63, 3.8) is 0 Å². The van der Waals surface area contributed by atoms with Crippen LogP contribution in [0.3, 0.4) is 0 Å². The minimum absolute atomic E-state index is 0.0284. The van der Waals surface area contributed by atoms with Crippen LogP contribution in [0.5, 0.6) is 5.75 Å². The number of ether oxygens (including phenoxy) is 1. The molecule has 2 nitrogen and oxygen atoms in total. The molecule has 1 fully saturated rings. The molecular formula is C18H26ClNO. The average Bonchev–Trinajstić information content (AvgIpc) is 2.49. The van der Waals surface area contributed by atoms with Gasteiger partial charge in [-0.05, 0) is 56.3 Å². The van der Waals surface area contributed by atoms with Crippen molar-refractivity contribution in [1.29, 1.82) is 0 Å². The Morgan fingerprint density at radius 1 is 1.33 bits per heavy atom. The third-order valence-corrected chi connectivity index (χ3v) is 5.54. The van der Waals surface area contributed by atoms with Gasteiger partial charge in [-0.1, -0.05) is 31.9 Å². The van der Waals surface area contributed by atoms with Gasteiger partial charge in [-0.3, -0.25) is 0 Å². The van der Waals surface area contributed by atoms with E-state index >= 15 is 0 Å². The fourth-order valence-electron chi connectivity index (χ4n) is 4.29. The Balaban J connectivity index is 1.98. The summed E-state index contributed by atoms with van der Waals surface area (Å²) in [6.07, 6.45) is 7.42. The van der Waals surface area contributed by atoms with E-state index in [4.69, 9.17) is 16.3 Å². The lowest BCUT2D eigenvalue weighted by Gasteiger charge is -2.49. The molecule has 0 bridgehead atoms. The van der Waals surface area contributed by atoms with Gasteiger partial charge in [0.1, 0.15) is 11.4 Å². The second-order valence-corrected chi connectivity index (χ2v) is 6.95. The van der Waals surface area contributed by atoms with Gasteiger partial charge in [0.2, 0.25) is 0 Å². The highest BCUT2D eigenvalue weighted by Gasteiger charge is 2.47. The Kier molecular flexibility index (Phi) is 4.46. The summed E-state index contributed by atoms with van der Waals surface area (Å²) < 4.78 is 6.60. The van der Waals surface area contributed by atoms with Crippen molar-refractivity contribution in [1.82, 2.24) is 5.32 Å². The van der Waals surface area contributed by atoms with Gasteiger partial charge in [-0.15, -0.1) is 0 Å². The molecule has 116 valence electrons. The zero-order valence-electron chi connectivity index (χ0n) is 13.1. The first-order valence-electron chi connectivity index (χ1n) is 8.40. The number of rotatable bonds is 3. The fourth-order valence-corrected chi connectivity index (χ4v) is 4.47. The van der Waals surface area contributed by atoms with E-state index in [1.807, 2.05) is 6.07 Å². The van der Waals surface area contributed by atoms with Crippen LogP contribution in [-0.4, -0.2) is 12.1 Å². The quantitative estimate of drug-likeness (QED) is 0.837. The standard InChI is InChI=1S/C18H26ClNO/c1-3-13-7-5-6-10-18(13)12-16(20-4-2)15-11-14(19)8-9-17(15)21-18/h8-9,11,13,16,20H,3-7,10,12H2,1-2H3. The molecule has 3 heteroatoms. The minimum atomic E-state index is 0.0284. The number of benzene rings is 1. The van der Waals surface area contributed by atoms with Gasteiger partial charge in [-0.2, -0.15) is 0 Å². The van der Waals surface area contributed by atoms with Gasteiger partial charge >= 0.3 is 0 Å². The predicted molar refractivity (Wildman–Crippen MR) is 88.1 cm³/mol. The third kappa shape index (κ3) is 2.80. The van der Waals surface area contributed by atoms with E-state index in [1.54, 1.807) is 0 Å². The Morgan fingerprint density at radius 3 is 2.95 bits per heavy atom. The lowest BCUT2D eigenvalue weighted by atomic mass is 9.69. The van der Waals surface area contributed by atoms with Gasteiger partial charge in [-0.25, -0.2) is 0 Å². The number of hydrogen-bond donors (Lipinski definition) is 1. The van der Waals surface area contributed by atoms with Gasteiger partial charge in [0, 0.05) is 23.0 Å². The summed E-state index contributed by atoms with van der Waals surface area (Å²) in [7, 11) is 0. The molecule has 1 N–H and O–H groups in total. The first kappa shape index (κ1) is 15.2. The van der Waals surface area contributed by atoms with Crippen molar-refractivity contribution in [3.8, 4) is 5.75 Å². The van der Waals surface area contributed by atoms with E-state index in [9.17, 15) is 0 Å². The normalized spacial score (nSPS) is 31.8. The zero-order valence-corrected chi connectivity index (χ0v) is 13.9. The number of halogens is 1. The molecule has 0 aromatic heterocycles. The van der Waals surface area contributed by atoms with Gasteiger partial charge < -0.3 is 10.1 Å². The highest BCUT2D eigenvalue weighted by molar-refractivity contribution is 6.30. The number of nitrogens with one attached hydrogen (secondary N) is 1. The molecule has 1 saturated carbocycles. The van der Waals surface area contributed by atoms with E-state index in [0.29, 0.717) is 12.0 Å². The van der Waals surface area contributed by atoms with Crippen molar-refractivity contribution < 1.29 is 4.74 Å². The monoisotopic (exact) mass is 307 g/mol. The maximum absolute atomic E-state index is 6.60. The van der Waals surface area contributed by atoms with Crippen molar-refractivity contribution in [2.75, 3.05) is 6.54 Å². The summed E-state index contributed by atoms with van der Waals surface area (Å²) in [6, 6.07) is 6.45. The van der Waals surface area contributed by atoms with Crippen LogP contribution in [0.25, 0.3) is 0 Å². The summed E-state index contributed by atoms with van der Waals surface area (Å²) in [5.41, 5.74) is 1.26. The maximum atomic E-state index is 6.60. The highest BCUT2D eigenvalue weighted by Crippen LogP contribution is 2.50. The first-order valence-corrected chi connectivity index (χ1v) is 8.78. The van der Waals surface area contributed by atoms with Crippen molar-refractivity contribution >= 4 is 11.6 Å². The van der Waals surface area contributed by atoms with Crippen LogP contribution in [0.2, 0.25) is 5.02 Å². The molecule has 2 aliphatic rings. The Hall–Kier alpha value is -0.730. The zero-order chi connectivity index (χ0) is 14.9. The minimum Gasteiger partial charge on any atom is -0.487 e. The SMILES string of the molecule is CCNC1CC2(CCCCC2CC)Oc2ccc(Cl)cc21. The van der Waals surface area contributed by atoms with Crippen LogP contribution in [0.1, 0.15) is 64.0 Å². The number of fused-ring (bicyclic) bond motifs is 1. The summed E-state index contributed by atoms with van der Waals surface area (Å²) in [4.78, 5) is 0. The van der Waals surface area contributed by atoms with Gasteiger partial charge in [0.25, 0.3) is 0 Å². The van der Waals surface area contributed by atoms with E-state index in [-0.39, 0.29) is 5.60 Å². The molecule has 3 rings (SSSR count). The Morgan fingerprint density at radius 2 is 2.19 bits per heavy atom. The maximum Gasteiger partial charge on any atom is 0.125 e. The molecule has 21 heavy (non-hydrogen) atoms. The smallest absolute Gasteiger partial charge is 0.125 e. The second kappa shape index (κ2) is 6.18. The lowest BCUT2D eigenvalue weighted by molar-refractivity contribution is -0.0522. The molecule has 3 unspecified atom stereocenters. The lowest BCUT2D eigenvalue weighted by Crippen LogP contribution is -2.51. The molecule has 0 radical (unpaired) electrons. The highest BCUT2D eigenvalue weighted by atomic mass is 35.5. The Labute approximate surface area is 133 Å². The number of hydrogen-bond acceptors (Lipinski definition) is 2. The van der Waals surface area contributed by atoms with E-state index in [0.717, 1.165) is 23.7 Å². The predicted octanol–water partition coefficient (Wildman–Crippen LogP) is 5.11. The molecule has 1 aliphatic carbocycles. The van der Waals surface area contributed by atoms with E-state index < -0.39 is 0 Å². The van der Waals surface area contributed by atoms with Crippen LogP contribution in [0.15, 0.2) is 18.2 Å². The first-order chi connectivity index (χ1) is 10.2. The van der Waals surface area contributed by atoms with Crippen molar-refractivity contribution in [3.05, 3.63) is 28.8 Å². The molecule has 0 saturated heterocycles.